The number of fused-ring (bicyclic) bond motifs is 1. The molecule has 1 aromatic carbocycles. The minimum Gasteiger partial charge on any atom is -0.481 e. The first kappa shape index (κ1) is 24.9. The second-order valence-electron chi connectivity index (χ2n) is 8.61. The Labute approximate surface area is 211 Å². The number of halogens is 3. The van der Waals surface area contributed by atoms with E-state index in [0.29, 0.717) is 52.9 Å². The Kier molecular flexibility index (Phi) is 7.19. The lowest BCUT2D eigenvalue weighted by molar-refractivity contribution is -0.137. The molecule has 0 saturated carbocycles. The molecule has 0 amide bonds. The number of morpholine rings is 1. The third-order valence-corrected chi connectivity index (χ3v) is 6.13. The van der Waals surface area contributed by atoms with Crippen LogP contribution in [0.15, 0.2) is 48.9 Å². The Morgan fingerprint density at radius 2 is 1.81 bits per heavy atom. The largest absolute Gasteiger partial charge is 0.481 e. The quantitative estimate of drug-likeness (QED) is 0.382. The van der Waals surface area contributed by atoms with Crippen molar-refractivity contribution in [3.8, 4) is 17.3 Å². The number of aromatic nitrogens is 5. The number of imidazole rings is 1. The summed E-state index contributed by atoms with van der Waals surface area (Å²) in [6, 6.07) is 8.64. The van der Waals surface area contributed by atoms with Crippen molar-refractivity contribution in [1.29, 1.82) is 0 Å². The van der Waals surface area contributed by atoms with E-state index in [1.165, 1.54) is 12.1 Å². The smallest absolute Gasteiger partial charge is 0.416 e. The van der Waals surface area contributed by atoms with Gasteiger partial charge in [-0.3, -0.25) is 4.90 Å². The molecule has 1 aliphatic rings. The molecule has 4 heterocycles. The van der Waals surface area contributed by atoms with Crippen LogP contribution in [0.4, 0.5) is 19.0 Å². The van der Waals surface area contributed by atoms with Crippen molar-refractivity contribution in [2.45, 2.75) is 12.7 Å². The van der Waals surface area contributed by atoms with Gasteiger partial charge in [-0.2, -0.15) is 13.2 Å². The predicted molar refractivity (Wildman–Crippen MR) is 131 cm³/mol. The molecular formula is C25H26F3N7O2. The van der Waals surface area contributed by atoms with E-state index in [1.807, 2.05) is 6.07 Å². The van der Waals surface area contributed by atoms with E-state index >= 15 is 0 Å². The molecule has 9 nitrogen and oxygen atoms in total. The fourth-order valence-electron chi connectivity index (χ4n) is 4.10. The maximum Gasteiger partial charge on any atom is 0.416 e. The summed E-state index contributed by atoms with van der Waals surface area (Å²) in [7, 11) is 1.54. The van der Waals surface area contributed by atoms with Gasteiger partial charge in [0.05, 0.1) is 38.8 Å². The van der Waals surface area contributed by atoms with Crippen molar-refractivity contribution in [3.05, 3.63) is 60.0 Å². The molecule has 12 heteroatoms. The lowest BCUT2D eigenvalue weighted by atomic mass is 10.1. The standard InChI is InChI=1S/C25H26F3N7O2/c1-36-20-7-4-18(14-30-20)22-32-23(29-8-9-34-10-12-37-13-11-34)21-24(33-22)35(16-31-21)15-17-2-5-19(6-3-17)25(26,27)28/h2-7,14,16H,8-13,15H2,1H3,(H,29,32,33). The number of alkyl halides is 3. The summed E-state index contributed by atoms with van der Waals surface area (Å²) in [4.78, 5) is 20.5. The second-order valence-corrected chi connectivity index (χ2v) is 8.61. The number of anilines is 1. The van der Waals surface area contributed by atoms with Crippen LogP contribution in [0, 0.1) is 0 Å². The number of ether oxygens (including phenoxy) is 2. The van der Waals surface area contributed by atoms with E-state index in [1.54, 1.807) is 30.3 Å². The Morgan fingerprint density at radius 3 is 2.49 bits per heavy atom. The number of nitrogens with zero attached hydrogens (tertiary/aromatic N) is 6. The molecule has 4 aromatic rings. The molecule has 0 radical (unpaired) electrons. The summed E-state index contributed by atoms with van der Waals surface area (Å²) in [5, 5.41) is 3.39. The Balaban J connectivity index is 1.45. The van der Waals surface area contributed by atoms with E-state index in [2.05, 4.69) is 20.2 Å². The average molecular weight is 514 g/mol. The molecule has 0 spiro atoms. The Bertz CT molecular complexity index is 1340. The van der Waals surface area contributed by atoms with E-state index in [-0.39, 0.29) is 0 Å². The summed E-state index contributed by atoms with van der Waals surface area (Å²) in [5.74, 6) is 1.50. The molecule has 0 atom stereocenters. The third-order valence-electron chi connectivity index (χ3n) is 6.13. The zero-order valence-electron chi connectivity index (χ0n) is 20.2. The average Bonchev–Trinajstić information content (AvgIpc) is 3.32. The summed E-state index contributed by atoms with van der Waals surface area (Å²) in [6.45, 7) is 4.98. The second kappa shape index (κ2) is 10.7. The van der Waals surface area contributed by atoms with Crippen molar-refractivity contribution < 1.29 is 22.6 Å². The first-order valence-electron chi connectivity index (χ1n) is 11.8. The molecule has 3 aromatic heterocycles. The van der Waals surface area contributed by atoms with E-state index in [4.69, 9.17) is 19.4 Å². The predicted octanol–water partition coefficient (Wildman–Crippen LogP) is 3.71. The zero-order valence-corrected chi connectivity index (χ0v) is 20.2. The van der Waals surface area contributed by atoms with Gasteiger partial charge in [-0.15, -0.1) is 0 Å². The maximum atomic E-state index is 13.0. The molecule has 37 heavy (non-hydrogen) atoms. The summed E-state index contributed by atoms with van der Waals surface area (Å²) < 4.78 is 51.2. The van der Waals surface area contributed by atoms with Gasteiger partial charge in [0.1, 0.15) is 5.52 Å². The van der Waals surface area contributed by atoms with Gasteiger partial charge in [0.25, 0.3) is 0 Å². The molecule has 1 fully saturated rings. The minimum absolute atomic E-state index is 0.305. The first-order chi connectivity index (χ1) is 17.9. The Hall–Kier alpha value is -3.77. The van der Waals surface area contributed by atoms with Crippen LogP contribution in [0.5, 0.6) is 5.88 Å². The number of nitrogens with one attached hydrogen (secondary N) is 1. The normalized spacial score (nSPS) is 14.7. The molecule has 194 valence electrons. The highest BCUT2D eigenvalue weighted by molar-refractivity contribution is 5.85. The number of benzene rings is 1. The van der Waals surface area contributed by atoms with E-state index in [9.17, 15) is 13.2 Å². The number of hydrogen-bond acceptors (Lipinski definition) is 8. The van der Waals surface area contributed by atoms with E-state index < -0.39 is 11.7 Å². The van der Waals surface area contributed by atoms with Crippen LogP contribution in [0.25, 0.3) is 22.6 Å². The van der Waals surface area contributed by atoms with Crippen molar-refractivity contribution in [1.82, 2.24) is 29.4 Å². The fraction of sp³-hybridized carbons (Fsp3) is 0.360. The van der Waals surface area contributed by atoms with Gasteiger partial charge in [0, 0.05) is 44.0 Å². The molecule has 1 aliphatic heterocycles. The zero-order chi connectivity index (χ0) is 25.8. The first-order valence-corrected chi connectivity index (χ1v) is 11.8. The van der Waals surface area contributed by atoms with Crippen molar-refractivity contribution in [2.24, 2.45) is 0 Å². The molecule has 0 bridgehead atoms. The van der Waals surface area contributed by atoms with Gasteiger partial charge in [0.2, 0.25) is 5.88 Å². The van der Waals surface area contributed by atoms with Crippen LogP contribution >= 0.6 is 0 Å². The third kappa shape index (κ3) is 5.81. The van der Waals surface area contributed by atoms with Crippen LogP contribution in [0.2, 0.25) is 0 Å². The summed E-state index contributed by atoms with van der Waals surface area (Å²) in [6.07, 6.45) is -1.12. The van der Waals surface area contributed by atoms with Crippen molar-refractivity contribution in [3.63, 3.8) is 0 Å². The van der Waals surface area contributed by atoms with Gasteiger partial charge in [0.15, 0.2) is 17.3 Å². The minimum atomic E-state index is -4.38. The molecular weight excluding hydrogens is 487 g/mol. The summed E-state index contributed by atoms with van der Waals surface area (Å²) >= 11 is 0. The van der Waals surface area contributed by atoms with Crippen LogP contribution in [0.1, 0.15) is 11.1 Å². The topological polar surface area (TPSA) is 90.2 Å². The molecule has 1 saturated heterocycles. The van der Waals surface area contributed by atoms with Gasteiger partial charge < -0.3 is 19.4 Å². The number of methoxy groups -OCH3 is 1. The lowest BCUT2D eigenvalue weighted by Crippen LogP contribution is -2.39. The van der Waals surface area contributed by atoms with Gasteiger partial charge in [-0.05, 0) is 23.8 Å². The molecule has 5 rings (SSSR count). The SMILES string of the molecule is COc1ccc(-c2nc(NCCN3CCOCC3)c3ncn(Cc4ccc(C(F)(F)F)cc4)c3n2)cn1. The maximum absolute atomic E-state index is 13.0. The monoisotopic (exact) mass is 513 g/mol. The van der Waals surface area contributed by atoms with Crippen molar-refractivity contribution in [2.75, 3.05) is 51.8 Å². The van der Waals surface area contributed by atoms with Gasteiger partial charge >= 0.3 is 6.18 Å². The van der Waals surface area contributed by atoms with Gasteiger partial charge in [-0.25, -0.2) is 19.9 Å². The molecule has 1 N–H and O–H groups in total. The highest BCUT2D eigenvalue weighted by atomic mass is 19.4. The number of rotatable bonds is 8. The lowest BCUT2D eigenvalue weighted by Gasteiger charge is -2.26. The van der Waals surface area contributed by atoms with E-state index in [0.717, 1.165) is 45.0 Å². The van der Waals surface area contributed by atoms with Crippen LogP contribution < -0.4 is 10.1 Å². The Morgan fingerprint density at radius 1 is 1.03 bits per heavy atom. The number of pyridine rings is 1. The summed E-state index contributed by atoms with van der Waals surface area (Å²) in [5.41, 5.74) is 1.85. The molecule has 0 unspecified atom stereocenters. The molecule has 0 aliphatic carbocycles. The van der Waals surface area contributed by atoms with Crippen LogP contribution in [-0.2, 0) is 17.5 Å². The van der Waals surface area contributed by atoms with Gasteiger partial charge in [-0.1, -0.05) is 12.1 Å². The van der Waals surface area contributed by atoms with Crippen molar-refractivity contribution >= 4 is 17.0 Å². The highest BCUT2D eigenvalue weighted by Crippen LogP contribution is 2.30. The highest BCUT2D eigenvalue weighted by Gasteiger charge is 2.30. The number of hydrogen-bond donors (Lipinski definition) is 1. The van der Waals surface area contributed by atoms with Crippen LogP contribution in [-0.4, -0.2) is 75.9 Å². The fourth-order valence-corrected chi connectivity index (χ4v) is 4.10. The van der Waals surface area contributed by atoms with Crippen LogP contribution in [0.3, 0.4) is 0 Å².